The Labute approximate surface area is 168 Å². The van der Waals surface area contributed by atoms with Crippen LogP contribution in [0.3, 0.4) is 0 Å². The van der Waals surface area contributed by atoms with Crippen molar-refractivity contribution in [1.29, 1.82) is 0 Å². The molecular formula is C22H33N5O. The minimum atomic E-state index is -0.0332. The minimum Gasteiger partial charge on any atom is -0.443 e. The summed E-state index contributed by atoms with van der Waals surface area (Å²) in [6, 6.07) is 10.7. The number of guanidine groups is 1. The summed E-state index contributed by atoms with van der Waals surface area (Å²) in [5.74, 6) is 2.51. The molecule has 1 fully saturated rings. The molecule has 1 N–H and O–H groups in total. The van der Waals surface area contributed by atoms with E-state index in [0.29, 0.717) is 12.4 Å². The number of hydrogen-bond donors (Lipinski definition) is 1. The highest BCUT2D eigenvalue weighted by Gasteiger charge is 2.21. The van der Waals surface area contributed by atoms with Gasteiger partial charge in [0.1, 0.15) is 12.3 Å². The number of benzene rings is 1. The van der Waals surface area contributed by atoms with E-state index in [-0.39, 0.29) is 5.41 Å². The molecule has 1 saturated heterocycles. The highest BCUT2D eigenvalue weighted by atomic mass is 16.4. The van der Waals surface area contributed by atoms with Crippen molar-refractivity contribution in [3.05, 3.63) is 53.7 Å². The van der Waals surface area contributed by atoms with Crippen molar-refractivity contribution in [3.8, 4) is 0 Å². The molecule has 1 aromatic carbocycles. The molecule has 0 saturated carbocycles. The van der Waals surface area contributed by atoms with Crippen molar-refractivity contribution in [1.82, 2.24) is 20.1 Å². The SMILES string of the molecule is CCNC(=NCc1ncc(C(C)(C)C)o1)N1CCN(Cc2ccccc2)CC1. The Hall–Kier alpha value is -2.34. The fraction of sp³-hybridized carbons (Fsp3) is 0.545. The van der Waals surface area contributed by atoms with E-state index in [4.69, 9.17) is 9.41 Å². The van der Waals surface area contributed by atoms with Gasteiger partial charge in [0.2, 0.25) is 5.89 Å². The van der Waals surface area contributed by atoms with Gasteiger partial charge in [-0.05, 0) is 12.5 Å². The predicted molar refractivity (Wildman–Crippen MR) is 113 cm³/mol. The van der Waals surface area contributed by atoms with Crippen molar-refractivity contribution in [2.45, 2.75) is 46.2 Å². The van der Waals surface area contributed by atoms with E-state index >= 15 is 0 Å². The van der Waals surface area contributed by atoms with Crippen molar-refractivity contribution < 1.29 is 4.42 Å². The number of aliphatic imine (C=N–C) groups is 1. The second kappa shape index (κ2) is 9.24. The van der Waals surface area contributed by atoms with E-state index in [9.17, 15) is 0 Å². The van der Waals surface area contributed by atoms with Crippen LogP contribution in [0.15, 0.2) is 45.9 Å². The average Bonchev–Trinajstić information content (AvgIpc) is 3.16. The van der Waals surface area contributed by atoms with Gasteiger partial charge in [-0.2, -0.15) is 0 Å². The van der Waals surface area contributed by atoms with Crippen molar-refractivity contribution in [3.63, 3.8) is 0 Å². The number of nitrogens with one attached hydrogen (secondary N) is 1. The topological polar surface area (TPSA) is 56.9 Å². The van der Waals surface area contributed by atoms with Gasteiger partial charge in [-0.1, -0.05) is 51.1 Å². The maximum Gasteiger partial charge on any atom is 0.216 e. The molecule has 2 aromatic rings. The summed E-state index contributed by atoms with van der Waals surface area (Å²) in [5.41, 5.74) is 1.34. The first-order valence-corrected chi connectivity index (χ1v) is 10.2. The van der Waals surface area contributed by atoms with E-state index in [1.54, 1.807) is 0 Å². The molecule has 0 amide bonds. The lowest BCUT2D eigenvalue weighted by Gasteiger charge is -2.36. The first-order chi connectivity index (χ1) is 13.5. The van der Waals surface area contributed by atoms with Crippen LogP contribution in [0.4, 0.5) is 0 Å². The van der Waals surface area contributed by atoms with Gasteiger partial charge in [0.15, 0.2) is 5.96 Å². The summed E-state index contributed by atoms with van der Waals surface area (Å²) in [4.78, 5) is 14.0. The van der Waals surface area contributed by atoms with E-state index in [2.05, 4.69) is 78.1 Å². The molecule has 0 bridgehead atoms. The number of oxazole rings is 1. The van der Waals surface area contributed by atoms with Gasteiger partial charge in [-0.3, -0.25) is 4.90 Å². The van der Waals surface area contributed by atoms with Crippen LogP contribution in [-0.4, -0.2) is 53.5 Å². The van der Waals surface area contributed by atoms with Crippen LogP contribution in [0, 0.1) is 0 Å². The summed E-state index contributed by atoms with van der Waals surface area (Å²) in [5, 5.41) is 3.41. The second-order valence-electron chi connectivity index (χ2n) is 8.29. The van der Waals surface area contributed by atoms with Crippen molar-refractivity contribution in [2.75, 3.05) is 32.7 Å². The first-order valence-electron chi connectivity index (χ1n) is 10.2. The van der Waals surface area contributed by atoms with Crippen molar-refractivity contribution >= 4 is 5.96 Å². The molecule has 0 spiro atoms. The Morgan fingerprint density at radius 1 is 1.14 bits per heavy atom. The zero-order valence-electron chi connectivity index (χ0n) is 17.6. The smallest absolute Gasteiger partial charge is 0.216 e. The van der Waals surface area contributed by atoms with E-state index in [1.165, 1.54) is 5.56 Å². The van der Waals surface area contributed by atoms with Crippen LogP contribution in [0.1, 0.15) is 44.9 Å². The van der Waals surface area contributed by atoms with Gasteiger partial charge in [-0.15, -0.1) is 0 Å². The Bertz CT molecular complexity index is 755. The van der Waals surface area contributed by atoms with Gasteiger partial charge in [0.05, 0.1) is 6.20 Å². The lowest BCUT2D eigenvalue weighted by molar-refractivity contribution is 0.172. The molecule has 152 valence electrons. The summed E-state index contributed by atoms with van der Waals surface area (Å²) < 4.78 is 5.87. The van der Waals surface area contributed by atoms with E-state index in [0.717, 1.165) is 51.0 Å². The molecule has 2 heterocycles. The monoisotopic (exact) mass is 383 g/mol. The fourth-order valence-corrected chi connectivity index (χ4v) is 3.26. The largest absolute Gasteiger partial charge is 0.443 e. The zero-order valence-corrected chi connectivity index (χ0v) is 17.6. The van der Waals surface area contributed by atoms with Gasteiger partial charge in [-0.25, -0.2) is 9.98 Å². The van der Waals surface area contributed by atoms with Crippen LogP contribution in [0.5, 0.6) is 0 Å². The molecule has 3 rings (SSSR count). The van der Waals surface area contributed by atoms with Crippen LogP contribution in [0.2, 0.25) is 0 Å². The summed E-state index contributed by atoms with van der Waals surface area (Å²) >= 11 is 0. The number of nitrogens with zero attached hydrogens (tertiary/aromatic N) is 4. The number of piperazine rings is 1. The lowest BCUT2D eigenvalue weighted by atomic mass is 9.94. The van der Waals surface area contributed by atoms with Gasteiger partial charge >= 0.3 is 0 Å². The number of rotatable bonds is 5. The van der Waals surface area contributed by atoms with Crippen LogP contribution < -0.4 is 5.32 Å². The summed E-state index contributed by atoms with van der Waals surface area (Å²) in [7, 11) is 0. The van der Waals surface area contributed by atoms with Gasteiger partial charge in [0.25, 0.3) is 0 Å². The molecule has 0 aliphatic carbocycles. The highest BCUT2D eigenvalue weighted by molar-refractivity contribution is 5.80. The van der Waals surface area contributed by atoms with Crippen molar-refractivity contribution in [2.24, 2.45) is 4.99 Å². The quantitative estimate of drug-likeness (QED) is 0.634. The minimum absolute atomic E-state index is 0.0332. The highest BCUT2D eigenvalue weighted by Crippen LogP contribution is 2.22. The number of aromatic nitrogens is 1. The third-order valence-electron chi connectivity index (χ3n) is 4.91. The maximum absolute atomic E-state index is 5.87. The molecule has 1 aliphatic rings. The molecule has 6 nitrogen and oxygen atoms in total. The predicted octanol–water partition coefficient (Wildman–Crippen LogP) is 3.26. The third-order valence-corrected chi connectivity index (χ3v) is 4.91. The third kappa shape index (κ3) is 5.58. The molecule has 28 heavy (non-hydrogen) atoms. The maximum atomic E-state index is 5.87. The molecule has 1 aromatic heterocycles. The summed E-state index contributed by atoms with van der Waals surface area (Å²) in [6.45, 7) is 14.8. The molecular weight excluding hydrogens is 350 g/mol. The lowest BCUT2D eigenvalue weighted by Crippen LogP contribution is -2.52. The zero-order chi connectivity index (χ0) is 20.0. The van der Waals surface area contributed by atoms with Gasteiger partial charge in [0, 0.05) is 44.7 Å². The molecule has 6 heteroatoms. The molecule has 0 unspecified atom stereocenters. The van der Waals surface area contributed by atoms with E-state index < -0.39 is 0 Å². The van der Waals surface area contributed by atoms with Crippen LogP contribution in [-0.2, 0) is 18.5 Å². The Balaban J connectivity index is 1.57. The fourth-order valence-electron chi connectivity index (χ4n) is 3.26. The normalized spacial score (nSPS) is 16.4. The first kappa shape index (κ1) is 20.4. The Morgan fingerprint density at radius 3 is 2.46 bits per heavy atom. The number of hydrogen-bond acceptors (Lipinski definition) is 4. The summed E-state index contributed by atoms with van der Waals surface area (Å²) in [6.07, 6.45) is 1.82. The van der Waals surface area contributed by atoms with Crippen LogP contribution >= 0.6 is 0 Å². The second-order valence-corrected chi connectivity index (χ2v) is 8.29. The van der Waals surface area contributed by atoms with E-state index in [1.807, 2.05) is 6.20 Å². The van der Waals surface area contributed by atoms with Gasteiger partial charge < -0.3 is 14.6 Å². The van der Waals surface area contributed by atoms with Crippen LogP contribution in [0.25, 0.3) is 0 Å². The average molecular weight is 384 g/mol. The Kier molecular flexibility index (Phi) is 6.73. The Morgan fingerprint density at radius 2 is 1.86 bits per heavy atom. The molecule has 0 atom stereocenters. The standard InChI is InChI=1S/C22H33N5O/c1-5-23-21(25-16-20-24-15-19(28-20)22(2,3)4)27-13-11-26(12-14-27)17-18-9-7-6-8-10-18/h6-10,15H,5,11-14,16-17H2,1-4H3,(H,23,25). The molecule has 1 aliphatic heterocycles. The molecule has 0 radical (unpaired) electrons.